The molecule has 0 bridgehead atoms. The highest BCUT2D eigenvalue weighted by Gasteiger charge is 2.16. The molecular formula is C22H18N4O2. The SMILES string of the molecule is CC(=O)Nc1cc(C(=O)Nc2ccc3ccccc3c2)nn1-c1ccccc1. The predicted octanol–water partition coefficient (Wildman–Crippen LogP) is 4.24. The summed E-state index contributed by atoms with van der Waals surface area (Å²) in [6.45, 7) is 1.41. The van der Waals surface area contributed by atoms with Crippen LogP contribution in [-0.4, -0.2) is 21.6 Å². The molecule has 0 aliphatic heterocycles. The lowest BCUT2D eigenvalue weighted by Gasteiger charge is -2.06. The highest BCUT2D eigenvalue weighted by atomic mass is 16.2. The topological polar surface area (TPSA) is 76.0 Å². The number of para-hydroxylation sites is 1. The molecule has 0 unspecified atom stereocenters. The van der Waals surface area contributed by atoms with E-state index >= 15 is 0 Å². The van der Waals surface area contributed by atoms with E-state index in [4.69, 9.17) is 0 Å². The van der Waals surface area contributed by atoms with Gasteiger partial charge in [-0.05, 0) is 35.0 Å². The number of nitrogens with zero attached hydrogens (tertiary/aromatic N) is 2. The van der Waals surface area contributed by atoms with Gasteiger partial charge in [0.1, 0.15) is 5.82 Å². The quantitative estimate of drug-likeness (QED) is 0.564. The monoisotopic (exact) mass is 370 g/mol. The van der Waals surface area contributed by atoms with Crippen molar-refractivity contribution in [2.75, 3.05) is 10.6 Å². The largest absolute Gasteiger partial charge is 0.321 e. The van der Waals surface area contributed by atoms with Gasteiger partial charge in [0.25, 0.3) is 5.91 Å². The second-order valence-corrected chi connectivity index (χ2v) is 6.36. The molecule has 2 N–H and O–H groups in total. The van der Waals surface area contributed by atoms with E-state index in [1.54, 1.807) is 6.07 Å². The minimum Gasteiger partial charge on any atom is -0.321 e. The summed E-state index contributed by atoms with van der Waals surface area (Å²) in [5.41, 5.74) is 1.64. The Labute approximate surface area is 161 Å². The highest BCUT2D eigenvalue weighted by molar-refractivity contribution is 6.05. The summed E-state index contributed by atoms with van der Waals surface area (Å²) in [5, 5.41) is 12.1. The molecule has 4 rings (SSSR count). The molecule has 3 aromatic carbocycles. The molecule has 0 aliphatic carbocycles. The van der Waals surface area contributed by atoms with Gasteiger partial charge in [0.2, 0.25) is 5.91 Å². The number of benzene rings is 3. The molecule has 0 saturated carbocycles. The third kappa shape index (κ3) is 3.61. The molecule has 0 radical (unpaired) electrons. The number of carbonyl (C=O) groups is 2. The lowest BCUT2D eigenvalue weighted by Crippen LogP contribution is -2.13. The van der Waals surface area contributed by atoms with Crippen LogP contribution in [0.1, 0.15) is 17.4 Å². The number of rotatable bonds is 4. The van der Waals surface area contributed by atoms with E-state index in [0.717, 1.165) is 16.5 Å². The Hall–Kier alpha value is -3.93. The number of aromatic nitrogens is 2. The fourth-order valence-electron chi connectivity index (χ4n) is 2.99. The third-order valence-corrected chi connectivity index (χ3v) is 4.25. The van der Waals surface area contributed by atoms with E-state index in [1.807, 2.05) is 72.8 Å². The van der Waals surface area contributed by atoms with Crippen LogP contribution in [-0.2, 0) is 4.79 Å². The zero-order chi connectivity index (χ0) is 19.5. The normalized spacial score (nSPS) is 10.6. The maximum absolute atomic E-state index is 12.7. The van der Waals surface area contributed by atoms with Gasteiger partial charge in [0.15, 0.2) is 5.69 Å². The van der Waals surface area contributed by atoms with Crippen LogP contribution in [0.5, 0.6) is 0 Å². The van der Waals surface area contributed by atoms with Gasteiger partial charge in [-0.2, -0.15) is 5.10 Å². The van der Waals surface area contributed by atoms with Crippen LogP contribution in [0.3, 0.4) is 0 Å². The molecular weight excluding hydrogens is 352 g/mol. The lowest BCUT2D eigenvalue weighted by atomic mass is 10.1. The van der Waals surface area contributed by atoms with Crippen LogP contribution in [0.4, 0.5) is 11.5 Å². The van der Waals surface area contributed by atoms with E-state index in [2.05, 4.69) is 15.7 Å². The maximum Gasteiger partial charge on any atom is 0.276 e. The Bertz CT molecular complexity index is 1170. The molecule has 0 atom stereocenters. The van der Waals surface area contributed by atoms with Crippen LogP contribution in [0.25, 0.3) is 16.5 Å². The number of amides is 2. The van der Waals surface area contributed by atoms with E-state index in [1.165, 1.54) is 11.6 Å². The second-order valence-electron chi connectivity index (χ2n) is 6.36. The average Bonchev–Trinajstić information content (AvgIpc) is 3.12. The minimum absolute atomic E-state index is 0.209. The van der Waals surface area contributed by atoms with Gasteiger partial charge < -0.3 is 10.6 Å². The third-order valence-electron chi connectivity index (χ3n) is 4.25. The van der Waals surface area contributed by atoms with Gasteiger partial charge in [0, 0.05) is 18.7 Å². The predicted molar refractivity (Wildman–Crippen MR) is 110 cm³/mol. The summed E-state index contributed by atoms with van der Waals surface area (Å²) in [6.07, 6.45) is 0. The molecule has 1 heterocycles. The van der Waals surface area contributed by atoms with Crippen LogP contribution in [0.15, 0.2) is 78.9 Å². The number of anilines is 2. The molecule has 1 aromatic heterocycles. The minimum atomic E-state index is -0.350. The van der Waals surface area contributed by atoms with E-state index in [0.29, 0.717) is 11.5 Å². The molecule has 4 aromatic rings. The zero-order valence-corrected chi connectivity index (χ0v) is 15.2. The van der Waals surface area contributed by atoms with Crippen molar-refractivity contribution in [1.29, 1.82) is 0 Å². The number of hydrogen-bond donors (Lipinski definition) is 2. The van der Waals surface area contributed by atoms with Crippen LogP contribution < -0.4 is 10.6 Å². The van der Waals surface area contributed by atoms with Crippen molar-refractivity contribution in [3.8, 4) is 5.69 Å². The summed E-state index contributed by atoms with van der Waals surface area (Å²) < 4.78 is 1.54. The van der Waals surface area contributed by atoms with Crippen molar-refractivity contribution < 1.29 is 9.59 Å². The van der Waals surface area contributed by atoms with Gasteiger partial charge in [-0.15, -0.1) is 0 Å². The Morgan fingerprint density at radius 1 is 0.821 bits per heavy atom. The molecule has 2 amide bonds. The Kier molecular flexibility index (Phi) is 4.60. The van der Waals surface area contributed by atoms with Crippen molar-refractivity contribution in [3.05, 3.63) is 84.6 Å². The van der Waals surface area contributed by atoms with E-state index in [-0.39, 0.29) is 17.5 Å². The first-order valence-electron chi connectivity index (χ1n) is 8.83. The first kappa shape index (κ1) is 17.5. The maximum atomic E-state index is 12.7. The standard InChI is InChI=1S/C22H18N4O2/c1-15(27)23-21-14-20(25-26(21)19-9-3-2-4-10-19)22(28)24-18-12-11-16-7-5-6-8-17(16)13-18/h2-14H,1H3,(H,23,27)(H,24,28). The van der Waals surface area contributed by atoms with E-state index in [9.17, 15) is 9.59 Å². The average molecular weight is 370 g/mol. The number of hydrogen-bond acceptors (Lipinski definition) is 3. The van der Waals surface area contributed by atoms with E-state index < -0.39 is 0 Å². The van der Waals surface area contributed by atoms with Crippen molar-refractivity contribution in [2.45, 2.75) is 6.92 Å². The van der Waals surface area contributed by atoms with Gasteiger partial charge in [-0.3, -0.25) is 9.59 Å². The Morgan fingerprint density at radius 2 is 1.54 bits per heavy atom. The van der Waals surface area contributed by atoms with Crippen molar-refractivity contribution in [1.82, 2.24) is 9.78 Å². The van der Waals surface area contributed by atoms with Crippen LogP contribution >= 0.6 is 0 Å². The second kappa shape index (κ2) is 7.36. The van der Waals surface area contributed by atoms with Crippen molar-refractivity contribution in [3.63, 3.8) is 0 Å². The first-order chi connectivity index (χ1) is 13.6. The summed E-state index contributed by atoms with van der Waals surface area (Å²) in [4.78, 5) is 24.3. The number of nitrogens with one attached hydrogen (secondary N) is 2. The van der Waals surface area contributed by atoms with Gasteiger partial charge in [-0.1, -0.05) is 48.5 Å². The van der Waals surface area contributed by atoms with Gasteiger partial charge in [-0.25, -0.2) is 4.68 Å². The van der Waals surface area contributed by atoms with Gasteiger partial charge in [0.05, 0.1) is 5.69 Å². The van der Waals surface area contributed by atoms with Gasteiger partial charge >= 0.3 is 0 Å². The van der Waals surface area contributed by atoms with Crippen LogP contribution in [0.2, 0.25) is 0 Å². The number of fused-ring (bicyclic) bond motifs is 1. The van der Waals surface area contributed by atoms with Crippen LogP contribution in [0, 0.1) is 0 Å². The fourth-order valence-corrected chi connectivity index (χ4v) is 2.99. The molecule has 138 valence electrons. The van der Waals surface area contributed by atoms with Crippen molar-refractivity contribution >= 4 is 34.1 Å². The lowest BCUT2D eigenvalue weighted by molar-refractivity contribution is -0.114. The highest BCUT2D eigenvalue weighted by Crippen LogP contribution is 2.21. The summed E-state index contributed by atoms with van der Waals surface area (Å²) >= 11 is 0. The summed E-state index contributed by atoms with van der Waals surface area (Å²) in [7, 11) is 0. The summed E-state index contributed by atoms with van der Waals surface area (Å²) in [6, 6.07) is 24.5. The fraction of sp³-hybridized carbons (Fsp3) is 0.0455. The summed E-state index contributed by atoms with van der Waals surface area (Å²) in [5.74, 6) is -0.155. The smallest absolute Gasteiger partial charge is 0.276 e. The molecule has 0 fully saturated rings. The Balaban J connectivity index is 1.64. The van der Waals surface area contributed by atoms with Crippen molar-refractivity contribution in [2.24, 2.45) is 0 Å². The molecule has 28 heavy (non-hydrogen) atoms. The number of carbonyl (C=O) groups excluding carboxylic acids is 2. The molecule has 6 nitrogen and oxygen atoms in total. The zero-order valence-electron chi connectivity index (χ0n) is 15.2. The molecule has 0 saturated heterocycles. The molecule has 0 aliphatic rings. The molecule has 0 spiro atoms. The first-order valence-corrected chi connectivity index (χ1v) is 8.83. The Morgan fingerprint density at radius 3 is 2.29 bits per heavy atom. The molecule has 6 heteroatoms.